The van der Waals surface area contributed by atoms with E-state index in [1.165, 1.54) is 11.1 Å². The lowest BCUT2D eigenvalue weighted by Crippen LogP contribution is -2.36. The van der Waals surface area contributed by atoms with E-state index in [-0.39, 0.29) is 43.9 Å². The summed E-state index contributed by atoms with van der Waals surface area (Å²) in [5.74, 6) is -1.18. The molecule has 1 atom stereocenters. The molecule has 2 aromatic carbocycles. The molecule has 3 N–H and O–H groups in total. The van der Waals surface area contributed by atoms with Crippen LogP contribution in [-0.4, -0.2) is 42.3 Å². The predicted octanol–water partition coefficient (Wildman–Crippen LogP) is 3.67. The lowest BCUT2D eigenvalue weighted by molar-refractivity contribution is -0.136. The summed E-state index contributed by atoms with van der Waals surface area (Å²) in [7, 11) is 0. The zero-order chi connectivity index (χ0) is 22.2. The van der Waals surface area contributed by atoms with Crippen molar-refractivity contribution in [2.75, 3.05) is 13.2 Å². The Kier molecular flexibility index (Phi) is 7.65. The summed E-state index contributed by atoms with van der Waals surface area (Å²) in [4.78, 5) is 34.7. The van der Waals surface area contributed by atoms with E-state index >= 15 is 0 Å². The minimum Gasteiger partial charge on any atom is -0.481 e. The van der Waals surface area contributed by atoms with Crippen molar-refractivity contribution in [1.29, 1.82) is 0 Å². The van der Waals surface area contributed by atoms with Crippen molar-refractivity contribution in [3.05, 3.63) is 59.7 Å². The first-order chi connectivity index (χ1) is 15.0. The number of carboxylic acids is 1. The van der Waals surface area contributed by atoms with Gasteiger partial charge in [0.25, 0.3) is 0 Å². The summed E-state index contributed by atoms with van der Waals surface area (Å²) in [5.41, 5.74) is 4.66. The Labute approximate surface area is 181 Å². The van der Waals surface area contributed by atoms with Crippen LogP contribution in [0.3, 0.4) is 0 Å². The van der Waals surface area contributed by atoms with Gasteiger partial charge in [-0.2, -0.15) is 0 Å². The van der Waals surface area contributed by atoms with Crippen molar-refractivity contribution in [2.24, 2.45) is 0 Å². The third kappa shape index (κ3) is 5.84. The molecule has 0 bridgehead atoms. The maximum absolute atomic E-state index is 12.4. The molecule has 7 heteroatoms. The van der Waals surface area contributed by atoms with Crippen molar-refractivity contribution in [3.63, 3.8) is 0 Å². The van der Waals surface area contributed by atoms with Crippen molar-refractivity contribution < 1.29 is 24.2 Å². The average Bonchev–Trinajstić information content (AvgIpc) is 3.08. The molecule has 1 unspecified atom stereocenters. The number of hydrogen-bond acceptors (Lipinski definition) is 4. The normalized spacial score (nSPS) is 13.1. The van der Waals surface area contributed by atoms with Gasteiger partial charge in [-0.3, -0.25) is 9.59 Å². The lowest BCUT2D eigenvalue weighted by atomic mass is 9.98. The summed E-state index contributed by atoms with van der Waals surface area (Å²) in [6.45, 7) is 2.27. The number of carbonyl (C=O) groups excluding carboxylic acids is 2. The molecule has 0 aromatic heterocycles. The van der Waals surface area contributed by atoms with E-state index in [2.05, 4.69) is 34.9 Å². The monoisotopic (exact) mass is 424 g/mol. The number of amides is 2. The van der Waals surface area contributed by atoms with Crippen LogP contribution in [0.15, 0.2) is 48.5 Å². The van der Waals surface area contributed by atoms with Gasteiger partial charge in [0.2, 0.25) is 5.91 Å². The van der Waals surface area contributed by atoms with Gasteiger partial charge in [0.1, 0.15) is 6.61 Å². The summed E-state index contributed by atoms with van der Waals surface area (Å²) >= 11 is 0. The average molecular weight is 424 g/mol. The van der Waals surface area contributed by atoms with Crippen LogP contribution in [0.4, 0.5) is 4.79 Å². The number of ether oxygens (including phenoxy) is 1. The molecule has 7 nitrogen and oxygen atoms in total. The van der Waals surface area contributed by atoms with E-state index in [9.17, 15) is 14.4 Å². The van der Waals surface area contributed by atoms with Gasteiger partial charge < -0.3 is 20.5 Å². The van der Waals surface area contributed by atoms with Crippen LogP contribution < -0.4 is 10.6 Å². The number of rotatable bonds is 10. The molecule has 1 aliphatic rings. The number of alkyl carbamates (subject to hydrolysis) is 1. The molecule has 0 saturated carbocycles. The Morgan fingerprint density at radius 2 is 1.61 bits per heavy atom. The van der Waals surface area contributed by atoms with Gasteiger partial charge in [0.15, 0.2) is 0 Å². The largest absolute Gasteiger partial charge is 0.481 e. The van der Waals surface area contributed by atoms with Gasteiger partial charge in [-0.1, -0.05) is 55.5 Å². The highest BCUT2D eigenvalue weighted by molar-refractivity contribution is 5.79. The molecule has 1 aliphatic carbocycles. The van der Waals surface area contributed by atoms with Crippen molar-refractivity contribution in [2.45, 2.75) is 44.6 Å². The topological polar surface area (TPSA) is 105 Å². The standard InChI is InChI=1S/C24H28N2O5/c1-2-16(11-12-22(27)25-14-13-23(28)29)26-24(30)31-15-21-19-9-5-3-7-17(19)18-8-4-6-10-20(18)21/h3-10,16,21H,2,11-15H2,1H3,(H,25,27)(H,26,30)(H,28,29). The summed E-state index contributed by atoms with van der Waals surface area (Å²) in [5, 5.41) is 14.0. The number of hydrogen-bond donors (Lipinski definition) is 3. The quantitative estimate of drug-likeness (QED) is 0.540. The molecule has 0 aliphatic heterocycles. The molecule has 0 radical (unpaired) electrons. The number of carboxylic acid groups (broad SMARTS) is 1. The fourth-order valence-corrected chi connectivity index (χ4v) is 3.89. The van der Waals surface area contributed by atoms with Crippen LogP contribution >= 0.6 is 0 Å². The van der Waals surface area contributed by atoms with Crippen LogP contribution in [0.2, 0.25) is 0 Å². The molecule has 164 valence electrons. The summed E-state index contributed by atoms with van der Waals surface area (Å²) < 4.78 is 5.55. The molecule has 2 amide bonds. The second kappa shape index (κ2) is 10.6. The molecule has 0 spiro atoms. The smallest absolute Gasteiger partial charge is 0.407 e. The van der Waals surface area contributed by atoms with Crippen LogP contribution in [-0.2, 0) is 14.3 Å². The van der Waals surface area contributed by atoms with Crippen LogP contribution in [0, 0.1) is 0 Å². The van der Waals surface area contributed by atoms with E-state index < -0.39 is 12.1 Å². The van der Waals surface area contributed by atoms with Crippen LogP contribution in [0.5, 0.6) is 0 Å². The van der Waals surface area contributed by atoms with Gasteiger partial charge in [-0.25, -0.2) is 4.79 Å². The van der Waals surface area contributed by atoms with E-state index in [1.54, 1.807) is 0 Å². The Balaban J connectivity index is 1.49. The Morgan fingerprint density at radius 3 is 2.19 bits per heavy atom. The maximum atomic E-state index is 12.4. The fraction of sp³-hybridized carbons (Fsp3) is 0.375. The van der Waals surface area contributed by atoms with Crippen molar-refractivity contribution in [3.8, 4) is 11.1 Å². The highest BCUT2D eigenvalue weighted by Crippen LogP contribution is 2.44. The fourth-order valence-electron chi connectivity index (χ4n) is 3.89. The number of benzene rings is 2. The second-order valence-electron chi connectivity index (χ2n) is 7.61. The van der Waals surface area contributed by atoms with Gasteiger partial charge >= 0.3 is 12.1 Å². The molecular formula is C24H28N2O5. The SMILES string of the molecule is CCC(CCC(=O)NCCC(=O)O)NC(=O)OCC1c2ccccc2-c2ccccc21. The van der Waals surface area contributed by atoms with Crippen molar-refractivity contribution in [1.82, 2.24) is 10.6 Å². The highest BCUT2D eigenvalue weighted by atomic mass is 16.5. The Morgan fingerprint density at radius 1 is 1.00 bits per heavy atom. The molecule has 3 rings (SSSR count). The summed E-state index contributed by atoms with van der Waals surface area (Å²) in [6.07, 6.45) is 0.717. The molecular weight excluding hydrogens is 396 g/mol. The van der Waals surface area contributed by atoms with Gasteiger partial charge in [-0.05, 0) is 35.1 Å². The van der Waals surface area contributed by atoms with Crippen LogP contribution in [0.1, 0.15) is 49.7 Å². The van der Waals surface area contributed by atoms with E-state index in [0.29, 0.717) is 12.8 Å². The van der Waals surface area contributed by atoms with Crippen LogP contribution in [0.25, 0.3) is 11.1 Å². The predicted molar refractivity (Wildman–Crippen MR) is 117 cm³/mol. The number of nitrogens with one attached hydrogen (secondary N) is 2. The third-order valence-corrected chi connectivity index (χ3v) is 5.54. The molecule has 0 heterocycles. The molecule has 0 saturated heterocycles. The van der Waals surface area contributed by atoms with E-state index in [0.717, 1.165) is 11.1 Å². The maximum Gasteiger partial charge on any atom is 0.407 e. The molecule has 0 fully saturated rings. The third-order valence-electron chi connectivity index (χ3n) is 5.54. The molecule has 2 aromatic rings. The number of aliphatic carboxylic acids is 1. The second-order valence-corrected chi connectivity index (χ2v) is 7.61. The van der Waals surface area contributed by atoms with Gasteiger partial charge in [0, 0.05) is 24.9 Å². The van der Waals surface area contributed by atoms with Crippen molar-refractivity contribution >= 4 is 18.0 Å². The lowest BCUT2D eigenvalue weighted by Gasteiger charge is -2.19. The zero-order valence-corrected chi connectivity index (χ0v) is 17.6. The number of carbonyl (C=O) groups is 3. The first-order valence-corrected chi connectivity index (χ1v) is 10.6. The van der Waals surface area contributed by atoms with E-state index in [1.807, 2.05) is 31.2 Å². The first-order valence-electron chi connectivity index (χ1n) is 10.6. The highest BCUT2D eigenvalue weighted by Gasteiger charge is 2.29. The first kappa shape index (κ1) is 22.3. The Hall–Kier alpha value is -3.35. The van der Waals surface area contributed by atoms with Gasteiger partial charge in [0.05, 0.1) is 6.42 Å². The molecule has 31 heavy (non-hydrogen) atoms. The minimum absolute atomic E-state index is 0.00163. The summed E-state index contributed by atoms with van der Waals surface area (Å²) in [6, 6.07) is 16.1. The Bertz CT molecular complexity index is 898. The van der Waals surface area contributed by atoms with Gasteiger partial charge in [-0.15, -0.1) is 0 Å². The number of fused-ring (bicyclic) bond motifs is 3. The van der Waals surface area contributed by atoms with E-state index in [4.69, 9.17) is 9.84 Å². The minimum atomic E-state index is -0.955. The zero-order valence-electron chi connectivity index (χ0n) is 17.6.